The molecule has 0 radical (unpaired) electrons. The summed E-state index contributed by atoms with van der Waals surface area (Å²) in [4.78, 5) is 28.1. The molecule has 0 saturated carbocycles. The van der Waals surface area contributed by atoms with Crippen LogP contribution in [0.2, 0.25) is 0 Å². The average molecular weight is 445 g/mol. The zero-order valence-electron chi connectivity index (χ0n) is 19.4. The average Bonchev–Trinajstić information content (AvgIpc) is 2.76. The Bertz CT molecular complexity index is 877. The first kappa shape index (κ1) is 24.9. The zero-order valence-corrected chi connectivity index (χ0v) is 19.4. The highest BCUT2D eigenvalue weighted by Crippen LogP contribution is 2.27. The summed E-state index contributed by atoms with van der Waals surface area (Å²) in [5.41, 5.74) is 0.462. The van der Waals surface area contributed by atoms with Crippen LogP contribution in [-0.2, 0) is 16.0 Å². The van der Waals surface area contributed by atoms with Gasteiger partial charge in [0, 0.05) is 38.9 Å². The lowest BCUT2D eigenvalue weighted by Gasteiger charge is -2.35. The van der Waals surface area contributed by atoms with Gasteiger partial charge >= 0.3 is 6.09 Å². The van der Waals surface area contributed by atoms with Gasteiger partial charge in [-0.15, -0.1) is 0 Å². The molecule has 1 aliphatic heterocycles. The third-order valence-electron chi connectivity index (χ3n) is 4.79. The van der Waals surface area contributed by atoms with Gasteiger partial charge in [-0.3, -0.25) is 4.79 Å². The molecule has 0 unspecified atom stereocenters. The molecule has 2 rings (SSSR count). The smallest absolute Gasteiger partial charge is 0.410 e. The number of benzene rings is 1. The van der Waals surface area contributed by atoms with Crippen LogP contribution in [0, 0.1) is 11.3 Å². The lowest BCUT2D eigenvalue weighted by Crippen LogP contribution is -2.48. The van der Waals surface area contributed by atoms with E-state index in [9.17, 15) is 14.9 Å². The molecule has 1 aromatic carbocycles. The number of nitrogens with zero attached hydrogens (tertiary/aromatic N) is 3. The summed E-state index contributed by atoms with van der Waals surface area (Å²) in [6, 6.07) is 7.53. The van der Waals surface area contributed by atoms with E-state index in [-0.39, 0.29) is 11.7 Å². The maximum Gasteiger partial charge on any atom is 0.410 e. The Morgan fingerprint density at radius 2 is 1.78 bits per heavy atom. The monoisotopic (exact) mass is 444 g/mol. The third-order valence-corrected chi connectivity index (χ3v) is 4.79. The second kappa shape index (κ2) is 11.3. The number of hydrogen-bond acceptors (Lipinski definition) is 7. The number of carbonyl (C=O) groups excluding carboxylic acids is 2. The van der Waals surface area contributed by atoms with Crippen molar-refractivity contribution in [1.29, 1.82) is 5.26 Å². The Labute approximate surface area is 189 Å². The lowest BCUT2D eigenvalue weighted by molar-refractivity contribution is -0.117. The summed E-state index contributed by atoms with van der Waals surface area (Å²) in [6.07, 6.45) is 1.78. The molecule has 1 aliphatic rings. The minimum Gasteiger partial charge on any atom is -0.493 e. The summed E-state index contributed by atoms with van der Waals surface area (Å²) >= 11 is 0. The maximum absolute atomic E-state index is 12.4. The van der Waals surface area contributed by atoms with Crippen molar-refractivity contribution in [2.45, 2.75) is 32.8 Å². The van der Waals surface area contributed by atoms with Crippen molar-refractivity contribution in [3.63, 3.8) is 0 Å². The quantitative estimate of drug-likeness (QED) is 0.508. The molecule has 174 valence electrons. The molecule has 0 atom stereocenters. The van der Waals surface area contributed by atoms with Crippen LogP contribution in [0.3, 0.4) is 0 Å². The first-order chi connectivity index (χ1) is 15.2. The summed E-state index contributed by atoms with van der Waals surface area (Å²) in [6.45, 7) is 7.81. The second-order valence-electron chi connectivity index (χ2n) is 8.35. The topological polar surface area (TPSA) is 104 Å². The van der Waals surface area contributed by atoms with Gasteiger partial charge in [-0.2, -0.15) is 5.26 Å². The molecule has 1 fully saturated rings. The third kappa shape index (κ3) is 7.38. The van der Waals surface area contributed by atoms with Crippen LogP contribution < -0.4 is 14.8 Å². The van der Waals surface area contributed by atoms with E-state index >= 15 is 0 Å². The van der Waals surface area contributed by atoms with Crippen molar-refractivity contribution in [3.05, 3.63) is 35.5 Å². The molecule has 9 heteroatoms. The highest BCUT2D eigenvalue weighted by Gasteiger charge is 2.25. The van der Waals surface area contributed by atoms with E-state index in [1.807, 2.05) is 49.9 Å². The normalized spacial score (nSPS) is 14.4. The van der Waals surface area contributed by atoms with Gasteiger partial charge in [0.2, 0.25) is 0 Å². The van der Waals surface area contributed by atoms with E-state index in [1.54, 1.807) is 25.3 Å². The van der Waals surface area contributed by atoms with Gasteiger partial charge in [0.25, 0.3) is 5.91 Å². The molecule has 0 aliphatic carbocycles. The van der Waals surface area contributed by atoms with Crippen LogP contribution in [0.25, 0.3) is 0 Å². The van der Waals surface area contributed by atoms with Gasteiger partial charge in [0.15, 0.2) is 11.5 Å². The molecule has 0 bridgehead atoms. The molecule has 32 heavy (non-hydrogen) atoms. The fourth-order valence-electron chi connectivity index (χ4n) is 3.13. The number of hydrogen-bond donors (Lipinski definition) is 1. The minimum atomic E-state index is -0.545. The highest BCUT2D eigenvalue weighted by atomic mass is 16.6. The molecule has 0 spiro atoms. The van der Waals surface area contributed by atoms with Crippen molar-refractivity contribution >= 4 is 12.0 Å². The van der Waals surface area contributed by atoms with Gasteiger partial charge in [0.05, 0.1) is 14.2 Å². The molecule has 2 amide bonds. The Morgan fingerprint density at radius 3 is 2.34 bits per heavy atom. The van der Waals surface area contributed by atoms with Gasteiger partial charge < -0.3 is 29.3 Å². The number of methoxy groups -OCH3 is 2. The van der Waals surface area contributed by atoms with Crippen molar-refractivity contribution in [2.75, 3.05) is 46.9 Å². The Balaban J connectivity index is 1.85. The summed E-state index contributed by atoms with van der Waals surface area (Å²) in [7, 11) is 3.14. The molecular weight excluding hydrogens is 412 g/mol. The van der Waals surface area contributed by atoms with Crippen LogP contribution >= 0.6 is 0 Å². The molecule has 1 aromatic rings. The first-order valence-corrected chi connectivity index (χ1v) is 10.5. The van der Waals surface area contributed by atoms with Crippen LogP contribution in [0.4, 0.5) is 4.79 Å². The largest absolute Gasteiger partial charge is 0.493 e. The number of piperazine rings is 1. The number of amides is 2. The Hall–Kier alpha value is -3.41. The first-order valence-electron chi connectivity index (χ1n) is 10.5. The van der Waals surface area contributed by atoms with Crippen molar-refractivity contribution in [2.24, 2.45) is 0 Å². The van der Waals surface area contributed by atoms with Crippen LogP contribution in [-0.4, -0.2) is 74.3 Å². The molecule has 1 N–H and O–H groups in total. The summed E-state index contributed by atoms with van der Waals surface area (Å²) in [5.74, 6) is 0.837. The number of carbonyl (C=O) groups is 2. The zero-order chi connectivity index (χ0) is 23.7. The van der Waals surface area contributed by atoms with Gasteiger partial charge in [-0.25, -0.2) is 4.79 Å². The number of nitrogens with one attached hydrogen (secondary N) is 1. The minimum absolute atomic E-state index is 0.0306. The van der Waals surface area contributed by atoms with Gasteiger partial charge in [0.1, 0.15) is 17.2 Å². The Morgan fingerprint density at radius 1 is 1.12 bits per heavy atom. The number of ether oxygens (including phenoxy) is 3. The van der Waals surface area contributed by atoms with E-state index in [0.717, 1.165) is 5.56 Å². The van der Waals surface area contributed by atoms with Crippen LogP contribution in [0.1, 0.15) is 26.3 Å². The number of rotatable bonds is 7. The molecule has 9 nitrogen and oxygen atoms in total. The number of nitriles is 1. The molecule has 0 aromatic heterocycles. The van der Waals surface area contributed by atoms with Gasteiger partial charge in [-0.05, 0) is 44.9 Å². The van der Waals surface area contributed by atoms with Crippen LogP contribution in [0.5, 0.6) is 11.5 Å². The molecule has 1 saturated heterocycles. The van der Waals surface area contributed by atoms with Gasteiger partial charge in [-0.1, -0.05) is 6.07 Å². The predicted molar refractivity (Wildman–Crippen MR) is 119 cm³/mol. The van der Waals surface area contributed by atoms with Crippen LogP contribution in [0.15, 0.2) is 30.0 Å². The predicted octanol–water partition coefficient (Wildman–Crippen LogP) is 2.32. The molecule has 1 heterocycles. The van der Waals surface area contributed by atoms with Crippen molar-refractivity contribution in [3.8, 4) is 17.6 Å². The maximum atomic E-state index is 12.4. The summed E-state index contributed by atoms with van der Waals surface area (Å²) in [5, 5.41) is 12.2. The fraction of sp³-hybridized carbons (Fsp3) is 0.522. The van der Waals surface area contributed by atoms with E-state index in [4.69, 9.17) is 14.2 Å². The van der Waals surface area contributed by atoms with Crippen molar-refractivity contribution < 1.29 is 23.8 Å². The van der Waals surface area contributed by atoms with E-state index < -0.39 is 11.5 Å². The second-order valence-corrected chi connectivity index (χ2v) is 8.35. The van der Waals surface area contributed by atoms with E-state index in [1.165, 1.54) is 0 Å². The van der Waals surface area contributed by atoms with E-state index in [0.29, 0.717) is 50.6 Å². The summed E-state index contributed by atoms with van der Waals surface area (Å²) < 4.78 is 15.9. The SMILES string of the molecule is COc1ccc(CCNC(=O)/C(C#N)=C\N2CCN(C(=O)OC(C)(C)C)CC2)cc1OC. The standard InChI is InChI=1S/C23H32N4O5/c1-23(2,3)32-22(29)27-12-10-26(11-13-27)16-18(15-24)21(28)25-9-8-17-6-7-19(30-4)20(14-17)31-5/h6-7,14,16H,8-13H2,1-5H3,(H,25,28)/b18-16-. The Kier molecular flexibility index (Phi) is 8.76. The lowest BCUT2D eigenvalue weighted by atomic mass is 10.1. The van der Waals surface area contributed by atoms with Crippen molar-refractivity contribution in [1.82, 2.24) is 15.1 Å². The van der Waals surface area contributed by atoms with E-state index in [2.05, 4.69) is 5.32 Å². The highest BCUT2D eigenvalue weighted by molar-refractivity contribution is 5.97. The molecular formula is C23H32N4O5. The fourth-order valence-corrected chi connectivity index (χ4v) is 3.13.